The monoisotopic (exact) mass is 354 g/mol. The molecule has 0 aliphatic heterocycles. The number of nitrogens with zero attached hydrogens (tertiary/aromatic N) is 2. The van der Waals surface area contributed by atoms with Crippen molar-refractivity contribution >= 4 is 50.3 Å². The van der Waals surface area contributed by atoms with E-state index in [0.29, 0.717) is 11.0 Å². The molecular weight excluding hydrogens is 340 g/mol. The van der Waals surface area contributed by atoms with Crippen molar-refractivity contribution in [1.82, 2.24) is 9.38 Å². The predicted molar refractivity (Wildman–Crippen MR) is 106 cm³/mol. The van der Waals surface area contributed by atoms with Crippen LogP contribution in [-0.4, -0.2) is 22.5 Å². The fourth-order valence-corrected chi connectivity index (χ4v) is 3.70. The summed E-state index contributed by atoms with van der Waals surface area (Å²) in [6.45, 7) is 0. The summed E-state index contributed by atoms with van der Waals surface area (Å²) in [5.41, 5.74) is 2.99. The van der Waals surface area contributed by atoms with Gasteiger partial charge in [-0.1, -0.05) is 36.4 Å². The summed E-state index contributed by atoms with van der Waals surface area (Å²) in [5.74, 6) is -0.423. The van der Waals surface area contributed by atoms with Crippen molar-refractivity contribution in [3.63, 3.8) is 0 Å². The third-order valence-electron chi connectivity index (χ3n) is 4.91. The van der Waals surface area contributed by atoms with Gasteiger partial charge in [0.25, 0.3) is 5.56 Å². The number of imidazole rings is 1. The summed E-state index contributed by atoms with van der Waals surface area (Å²) >= 11 is 0. The molecule has 3 aromatic carbocycles. The average molecular weight is 354 g/mol. The fourth-order valence-electron chi connectivity index (χ4n) is 3.70. The molecule has 5 heteroatoms. The number of ether oxygens (including phenoxy) is 1. The Morgan fingerprint density at radius 3 is 2.67 bits per heavy atom. The zero-order valence-corrected chi connectivity index (χ0v) is 14.5. The maximum Gasteiger partial charge on any atom is 0.330 e. The van der Waals surface area contributed by atoms with E-state index in [-0.39, 0.29) is 5.56 Å². The normalized spacial score (nSPS) is 12.0. The predicted octanol–water partition coefficient (Wildman–Crippen LogP) is 3.78. The topological polar surface area (TPSA) is 60.7 Å². The zero-order valence-electron chi connectivity index (χ0n) is 14.5. The second-order valence-electron chi connectivity index (χ2n) is 6.35. The standard InChI is InChI=1S/C22H14N2O3/c1-27-19(25)12-10-13-9-11-16-20-14(13)5-4-6-15(20)21-23-17-7-2-3-8-18(17)24(21)22(16)26/h2-12H,1H3. The van der Waals surface area contributed by atoms with Gasteiger partial charge in [-0.15, -0.1) is 0 Å². The van der Waals surface area contributed by atoms with E-state index >= 15 is 0 Å². The number of methoxy groups -OCH3 is 1. The molecule has 2 heterocycles. The van der Waals surface area contributed by atoms with E-state index in [9.17, 15) is 9.59 Å². The Bertz CT molecular complexity index is 1450. The highest BCUT2D eigenvalue weighted by Gasteiger charge is 2.16. The van der Waals surface area contributed by atoms with E-state index < -0.39 is 5.97 Å². The minimum absolute atomic E-state index is 0.0918. The summed E-state index contributed by atoms with van der Waals surface area (Å²) in [5, 5.41) is 3.30. The van der Waals surface area contributed by atoms with Crippen molar-refractivity contribution in [3.8, 4) is 0 Å². The second-order valence-corrected chi connectivity index (χ2v) is 6.35. The average Bonchev–Trinajstić information content (AvgIpc) is 3.10. The lowest BCUT2D eigenvalue weighted by Gasteiger charge is -2.09. The van der Waals surface area contributed by atoms with E-state index in [2.05, 4.69) is 4.74 Å². The lowest BCUT2D eigenvalue weighted by atomic mass is 9.98. The number of hydrogen-bond donors (Lipinski definition) is 0. The molecule has 0 unspecified atom stereocenters. The second kappa shape index (κ2) is 5.64. The van der Waals surface area contributed by atoms with Crippen molar-refractivity contribution < 1.29 is 9.53 Å². The Hall–Kier alpha value is -3.73. The Labute approximate surface area is 153 Å². The number of esters is 1. The molecule has 0 bridgehead atoms. The minimum Gasteiger partial charge on any atom is -0.466 e. The summed E-state index contributed by atoms with van der Waals surface area (Å²) in [7, 11) is 1.34. The fraction of sp³-hybridized carbons (Fsp3) is 0.0455. The van der Waals surface area contributed by atoms with Gasteiger partial charge in [-0.05, 0) is 35.2 Å². The first-order valence-corrected chi connectivity index (χ1v) is 8.53. The van der Waals surface area contributed by atoms with Gasteiger partial charge in [-0.25, -0.2) is 9.78 Å². The van der Waals surface area contributed by atoms with Crippen LogP contribution < -0.4 is 5.56 Å². The maximum atomic E-state index is 13.2. The molecule has 0 aliphatic rings. The number of rotatable bonds is 2. The lowest BCUT2D eigenvalue weighted by Crippen LogP contribution is -2.13. The third kappa shape index (κ3) is 2.15. The number of aromatic nitrogens is 2. The number of fused-ring (bicyclic) bond motifs is 4. The molecule has 5 aromatic rings. The molecule has 0 amide bonds. The Morgan fingerprint density at radius 1 is 1.00 bits per heavy atom. The molecule has 0 aliphatic carbocycles. The van der Waals surface area contributed by atoms with E-state index in [4.69, 9.17) is 4.98 Å². The highest BCUT2D eigenvalue weighted by atomic mass is 16.5. The number of carbonyl (C=O) groups is 1. The van der Waals surface area contributed by atoms with Gasteiger partial charge < -0.3 is 4.74 Å². The molecule has 5 rings (SSSR count). The summed E-state index contributed by atoms with van der Waals surface area (Å²) < 4.78 is 6.34. The van der Waals surface area contributed by atoms with Gasteiger partial charge in [0.2, 0.25) is 0 Å². The number of hydrogen-bond acceptors (Lipinski definition) is 4. The van der Waals surface area contributed by atoms with Gasteiger partial charge >= 0.3 is 5.97 Å². The molecule has 130 valence electrons. The van der Waals surface area contributed by atoms with Crippen molar-refractivity contribution in [2.45, 2.75) is 0 Å². The Morgan fingerprint density at radius 2 is 1.81 bits per heavy atom. The molecule has 0 atom stereocenters. The van der Waals surface area contributed by atoms with Crippen molar-refractivity contribution in [2.24, 2.45) is 0 Å². The molecule has 5 nitrogen and oxygen atoms in total. The number of para-hydroxylation sites is 2. The Kier molecular flexibility index (Phi) is 3.24. The first-order valence-electron chi connectivity index (χ1n) is 8.53. The third-order valence-corrected chi connectivity index (χ3v) is 4.91. The van der Waals surface area contributed by atoms with Crippen molar-refractivity contribution in [2.75, 3.05) is 7.11 Å². The molecule has 0 saturated carbocycles. The van der Waals surface area contributed by atoms with Crippen LogP contribution in [0.5, 0.6) is 0 Å². The first kappa shape index (κ1) is 15.5. The SMILES string of the molecule is COC(=O)C=Cc1ccc2c(=O)n3c4ccccc4nc3c3cccc1c23. The van der Waals surface area contributed by atoms with Gasteiger partial charge in [0.05, 0.1) is 18.1 Å². The van der Waals surface area contributed by atoms with Crippen molar-refractivity contribution in [1.29, 1.82) is 0 Å². The van der Waals surface area contributed by atoms with Gasteiger partial charge in [-0.2, -0.15) is 0 Å². The van der Waals surface area contributed by atoms with Crippen LogP contribution in [0.4, 0.5) is 0 Å². The minimum atomic E-state index is -0.423. The highest BCUT2D eigenvalue weighted by molar-refractivity contribution is 6.17. The van der Waals surface area contributed by atoms with E-state index in [1.54, 1.807) is 10.5 Å². The van der Waals surface area contributed by atoms with Crippen LogP contribution in [0.15, 0.2) is 65.5 Å². The smallest absolute Gasteiger partial charge is 0.330 e. The lowest BCUT2D eigenvalue weighted by molar-refractivity contribution is -0.134. The van der Waals surface area contributed by atoms with E-state index in [1.807, 2.05) is 54.6 Å². The van der Waals surface area contributed by atoms with Crippen LogP contribution >= 0.6 is 0 Å². The maximum absolute atomic E-state index is 13.2. The molecular formula is C22H14N2O3. The molecule has 0 radical (unpaired) electrons. The van der Waals surface area contributed by atoms with Gasteiger partial charge in [-0.3, -0.25) is 9.20 Å². The number of carbonyl (C=O) groups excluding carboxylic acids is 1. The summed E-state index contributed by atoms with van der Waals surface area (Å²) in [6, 6.07) is 17.2. The quantitative estimate of drug-likeness (QED) is 0.358. The zero-order chi connectivity index (χ0) is 18.5. The Balaban J connectivity index is 1.96. The molecule has 0 saturated heterocycles. The van der Waals surface area contributed by atoms with Crippen LogP contribution in [0.1, 0.15) is 5.56 Å². The van der Waals surface area contributed by atoms with Crippen molar-refractivity contribution in [3.05, 3.63) is 76.6 Å². The van der Waals surface area contributed by atoms with Gasteiger partial charge in [0.15, 0.2) is 0 Å². The molecule has 27 heavy (non-hydrogen) atoms. The molecule has 0 spiro atoms. The van der Waals surface area contributed by atoms with E-state index in [0.717, 1.165) is 32.8 Å². The summed E-state index contributed by atoms with van der Waals surface area (Å²) in [6.07, 6.45) is 3.08. The van der Waals surface area contributed by atoms with Crippen LogP contribution in [-0.2, 0) is 9.53 Å². The largest absolute Gasteiger partial charge is 0.466 e. The van der Waals surface area contributed by atoms with Crippen LogP contribution in [0, 0.1) is 0 Å². The van der Waals surface area contributed by atoms with Gasteiger partial charge in [0, 0.05) is 22.2 Å². The molecule has 0 N–H and O–H groups in total. The first-order chi connectivity index (χ1) is 13.2. The van der Waals surface area contributed by atoms with E-state index in [1.165, 1.54) is 13.2 Å². The van der Waals surface area contributed by atoms with Crippen LogP contribution in [0.25, 0.3) is 44.3 Å². The van der Waals surface area contributed by atoms with Gasteiger partial charge in [0.1, 0.15) is 5.65 Å². The number of pyridine rings is 1. The molecule has 0 fully saturated rings. The highest BCUT2D eigenvalue weighted by Crippen LogP contribution is 2.31. The molecule has 2 aromatic heterocycles. The van der Waals surface area contributed by atoms with Crippen LogP contribution in [0.2, 0.25) is 0 Å². The van der Waals surface area contributed by atoms with Crippen LogP contribution in [0.3, 0.4) is 0 Å². The summed E-state index contributed by atoms with van der Waals surface area (Å²) in [4.78, 5) is 29.4. The number of benzene rings is 3.